The van der Waals surface area contributed by atoms with E-state index >= 15 is 0 Å². The van der Waals surface area contributed by atoms with Gasteiger partial charge in [0.1, 0.15) is 0 Å². The average molecular weight is 329 g/mol. The Bertz CT molecular complexity index is 655. The summed E-state index contributed by atoms with van der Waals surface area (Å²) >= 11 is 1.88. The van der Waals surface area contributed by atoms with E-state index in [4.69, 9.17) is 0 Å². The predicted molar refractivity (Wildman–Crippen MR) is 95.0 cm³/mol. The van der Waals surface area contributed by atoms with E-state index in [0.717, 1.165) is 17.8 Å². The van der Waals surface area contributed by atoms with Crippen LogP contribution in [0.1, 0.15) is 25.0 Å². The van der Waals surface area contributed by atoms with Crippen LogP contribution < -0.4 is 0 Å². The van der Waals surface area contributed by atoms with Crippen LogP contribution >= 0.6 is 11.8 Å². The lowest BCUT2D eigenvalue weighted by Crippen LogP contribution is -2.41. The van der Waals surface area contributed by atoms with E-state index in [-0.39, 0.29) is 5.91 Å². The summed E-state index contributed by atoms with van der Waals surface area (Å²) < 4.78 is 1.82. The zero-order chi connectivity index (χ0) is 16.2. The number of rotatable bonds is 5. The van der Waals surface area contributed by atoms with Crippen molar-refractivity contribution in [2.24, 2.45) is 0 Å². The molecule has 1 aromatic carbocycles. The first-order valence-corrected chi connectivity index (χ1v) is 9.36. The molecule has 1 saturated carbocycles. The molecule has 0 unspecified atom stereocenters. The van der Waals surface area contributed by atoms with Crippen LogP contribution in [0, 0.1) is 0 Å². The Morgan fingerprint density at radius 2 is 2.09 bits per heavy atom. The maximum atomic E-state index is 12.6. The predicted octanol–water partition coefficient (Wildman–Crippen LogP) is 3.16. The Morgan fingerprint density at radius 3 is 2.83 bits per heavy atom. The lowest BCUT2D eigenvalue weighted by molar-refractivity contribution is -0.131. The van der Waals surface area contributed by atoms with E-state index in [1.165, 1.54) is 12.8 Å². The molecule has 0 bridgehead atoms. The summed E-state index contributed by atoms with van der Waals surface area (Å²) in [6.07, 6.45) is 7.98. The van der Waals surface area contributed by atoms with Gasteiger partial charge in [0.2, 0.25) is 5.91 Å². The highest BCUT2D eigenvalue weighted by Crippen LogP contribution is 2.31. The van der Waals surface area contributed by atoms with Crippen molar-refractivity contribution in [2.75, 3.05) is 13.3 Å². The van der Waals surface area contributed by atoms with Gasteiger partial charge in [0.25, 0.3) is 0 Å². The number of hydrogen-bond acceptors (Lipinski definition) is 3. The minimum Gasteiger partial charge on any atom is -0.341 e. The molecule has 0 aliphatic heterocycles. The van der Waals surface area contributed by atoms with E-state index in [1.807, 2.05) is 71.0 Å². The molecule has 1 fully saturated rings. The molecule has 1 aliphatic carbocycles. The van der Waals surface area contributed by atoms with Gasteiger partial charge in [-0.05, 0) is 37.3 Å². The highest BCUT2D eigenvalue weighted by molar-refractivity contribution is 7.99. The Hall–Kier alpha value is -1.75. The maximum absolute atomic E-state index is 12.6. The van der Waals surface area contributed by atoms with Crippen molar-refractivity contribution in [3.8, 4) is 5.69 Å². The smallest absolute Gasteiger partial charge is 0.228 e. The highest BCUT2D eigenvalue weighted by atomic mass is 32.2. The number of para-hydroxylation sites is 1. The standard InChI is InChI=1S/C18H23N3OS/c1-20(16-9-6-10-17(16)23-2)18(22)13-14-11-12-21(19-14)15-7-4-3-5-8-15/h3-5,7-8,11-12,16-17H,6,9-10,13H2,1-2H3/t16-,17-/m0/s1. The minimum absolute atomic E-state index is 0.161. The lowest BCUT2D eigenvalue weighted by atomic mass is 10.2. The van der Waals surface area contributed by atoms with E-state index in [0.29, 0.717) is 17.7 Å². The molecule has 2 aromatic rings. The molecule has 1 aromatic heterocycles. The number of nitrogens with zero attached hydrogens (tertiary/aromatic N) is 3. The monoisotopic (exact) mass is 329 g/mol. The zero-order valence-corrected chi connectivity index (χ0v) is 14.5. The van der Waals surface area contributed by atoms with Crippen LogP contribution in [0.15, 0.2) is 42.6 Å². The second-order valence-corrected chi connectivity index (χ2v) is 7.12. The number of carbonyl (C=O) groups excluding carboxylic acids is 1. The van der Waals surface area contributed by atoms with Crippen molar-refractivity contribution >= 4 is 17.7 Å². The van der Waals surface area contributed by atoms with E-state index in [2.05, 4.69) is 11.4 Å². The molecule has 0 radical (unpaired) electrons. The van der Waals surface area contributed by atoms with Gasteiger partial charge < -0.3 is 4.90 Å². The summed E-state index contributed by atoms with van der Waals surface area (Å²) in [7, 11) is 1.94. The lowest BCUT2D eigenvalue weighted by Gasteiger charge is -2.28. The van der Waals surface area contributed by atoms with Crippen LogP contribution in [0.5, 0.6) is 0 Å². The van der Waals surface area contributed by atoms with Gasteiger partial charge in [0.05, 0.1) is 17.8 Å². The summed E-state index contributed by atoms with van der Waals surface area (Å²) in [5.74, 6) is 0.161. The Morgan fingerprint density at radius 1 is 1.30 bits per heavy atom. The van der Waals surface area contributed by atoms with Crippen LogP contribution in [0.25, 0.3) is 5.69 Å². The number of aromatic nitrogens is 2. The maximum Gasteiger partial charge on any atom is 0.228 e. The summed E-state index contributed by atoms with van der Waals surface area (Å²) in [5.41, 5.74) is 1.84. The SMILES string of the molecule is CS[C@H]1CCC[C@@H]1N(C)C(=O)Cc1ccn(-c2ccccc2)n1. The molecule has 1 amide bonds. The summed E-state index contributed by atoms with van der Waals surface area (Å²) in [6, 6.07) is 12.3. The topological polar surface area (TPSA) is 38.1 Å². The van der Waals surface area contributed by atoms with Gasteiger partial charge in [-0.25, -0.2) is 4.68 Å². The van der Waals surface area contributed by atoms with Crippen molar-refractivity contribution in [3.63, 3.8) is 0 Å². The average Bonchev–Trinajstić information content (AvgIpc) is 3.23. The van der Waals surface area contributed by atoms with E-state index in [9.17, 15) is 4.79 Å². The zero-order valence-electron chi connectivity index (χ0n) is 13.7. The minimum atomic E-state index is 0.161. The third-order valence-corrected chi connectivity index (χ3v) is 5.76. The van der Waals surface area contributed by atoms with E-state index < -0.39 is 0 Å². The molecule has 2 atom stereocenters. The molecule has 0 spiro atoms. The molecule has 0 saturated heterocycles. The van der Waals surface area contributed by atoms with Crippen molar-refractivity contribution < 1.29 is 4.79 Å². The van der Waals surface area contributed by atoms with Crippen LogP contribution in [0.4, 0.5) is 0 Å². The third-order valence-electron chi connectivity index (χ3n) is 4.61. The van der Waals surface area contributed by atoms with Crippen molar-refractivity contribution in [2.45, 2.75) is 37.0 Å². The quantitative estimate of drug-likeness (QED) is 0.846. The third kappa shape index (κ3) is 3.61. The Labute approximate surface area is 141 Å². The molecule has 0 N–H and O–H groups in total. The van der Waals surface area contributed by atoms with Gasteiger partial charge in [0.15, 0.2) is 0 Å². The van der Waals surface area contributed by atoms with Gasteiger partial charge in [-0.2, -0.15) is 16.9 Å². The van der Waals surface area contributed by atoms with Crippen molar-refractivity contribution in [1.29, 1.82) is 0 Å². The molecule has 1 heterocycles. The van der Waals surface area contributed by atoms with Crippen LogP contribution in [-0.2, 0) is 11.2 Å². The number of likely N-dealkylation sites (N-methyl/N-ethyl adjacent to an activating group) is 1. The van der Waals surface area contributed by atoms with Gasteiger partial charge in [0, 0.05) is 24.5 Å². The fourth-order valence-electron chi connectivity index (χ4n) is 3.27. The van der Waals surface area contributed by atoms with E-state index in [1.54, 1.807) is 0 Å². The first-order valence-electron chi connectivity index (χ1n) is 8.07. The van der Waals surface area contributed by atoms with Gasteiger partial charge >= 0.3 is 0 Å². The second-order valence-electron chi connectivity index (χ2n) is 6.04. The van der Waals surface area contributed by atoms with Crippen LogP contribution in [0.3, 0.4) is 0 Å². The molecule has 122 valence electrons. The number of thioether (sulfide) groups is 1. The van der Waals surface area contributed by atoms with Gasteiger partial charge in [-0.15, -0.1) is 0 Å². The summed E-state index contributed by atoms with van der Waals surface area (Å²) in [5, 5.41) is 5.11. The number of hydrogen-bond donors (Lipinski definition) is 0. The first-order chi connectivity index (χ1) is 11.2. The molecular weight excluding hydrogens is 306 g/mol. The largest absolute Gasteiger partial charge is 0.341 e. The second kappa shape index (κ2) is 7.21. The highest BCUT2D eigenvalue weighted by Gasteiger charge is 2.32. The van der Waals surface area contributed by atoms with Crippen LogP contribution in [-0.4, -0.2) is 45.2 Å². The van der Waals surface area contributed by atoms with Crippen molar-refractivity contribution in [1.82, 2.24) is 14.7 Å². The van der Waals surface area contributed by atoms with Gasteiger partial charge in [-0.3, -0.25) is 4.79 Å². The molecule has 3 rings (SSSR count). The molecule has 1 aliphatic rings. The molecule has 4 nitrogen and oxygen atoms in total. The molecular formula is C18H23N3OS. The van der Waals surface area contributed by atoms with Gasteiger partial charge in [-0.1, -0.05) is 24.6 Å². The number of benzene rings is 1. The molecule has 23 heavy (non-hydrogen) atoms. The fourth-order valence-corrected chi connectivity index (χ4v) is 4.30. The molecule has 5 heteroatoms. The van der Waals surface area contributed by atoms with Crippen molar-refractivity contribution in [3.05, 3.63) is 48.3 Å². The summed E-state index contributed by atoms with van der Waals surface area (Å²) in [4.78, 5) is 14.5. The number of amides is 1. The first kappa shape index (κ1) is 16.1. The summed E-state index contributed by atoms with van der Waals surface area (Å²) in [6.45, 7) is 0. The number of carbonyl (C=O) groups is 1. The fraction of sp³-hybridized carbons (Fsp3) is 0.444. The van der Waals surface area contributed by atoms with Crippen LogP contribution in [0.2, 0.25) is 0 Å². The Kier molecular flexibility index (Phi) is 5.06. The normalized spacial score (nSPS) is 20.6. The Balaban J connectivity index is 1.65.